The molecule has 1 N–H and O–H groups in total. The Labute approximate surface area is 127 Å². The van der Waals surface area contributed by atoms with Gasteiger partial charge in [-0.15, -0.1) is 0 Å². The molecule has 6 nitrogen and oxygen atoms in total. The average Bonchev–Trinajstić information content (AvgIpc) is 2.87. The smallest absolute Gasteiger partial charge is 0.317 e. The molecule has 0 radical (unpaired) electrons. The van der Waals surface area contributed by atoms with Crippen molar-refractivity contribution in [1.29, 1.82) is 0 Å². The van der Waals surface area contributed by atoms with Crippen molar-refractivity contribution in [1.82, 2.24) is 14.5 Å². The third-order valence-electron chi connectivity index (χ3n) is 4.58. The molecule has 0 aromatic heterocycles. The van der Waals surface area contributed by atoms with E-state index in [9.17, 15) is 13.2 Å². The van der Waals surface area contributed by atoms with Gasteiger partial charge in [0.1, 0.15) is 0 Å². The topological polar surface area (TPSA) is 69.7 Å². The number of piperidine rings is 1. The van der Waals surface area contributed by atoms with E-state index in [2.05, 4.69) is 19.2 Å². The molecule has 1 atom stereocenters. The maximum Gasteiger partial charge on any atom is 0.317 e. The van der Waals surface area contributed by atoms with E-state index in [0.29, 0.717) is 37.9 Å². The summed E-state index contributed by atoms with van der Waals surface area (Å²) >= 11 is 0. The molecule has 0 bridgehead atoms. The Bertz CT molecular complexity index is 470. The van der Waals surface area contributed by atoms with Gasteiger partial charge in [0.25, 0.3) is 0 Å². The molecular weight excluding hydrogens is 290 g/mol. The van der Waals surface area contributed by atoms with Gasteiger partial charge < -0.3 is 10.2 Å². The summed E-state index contributed by atoms with van der Waals surface area (Å²) in [6, 6.07) is 0.439. The van der Waals surface area contributed by atoms with Gasteiger partial charge >= 0.3 is 6.03 Å². The predicted molar refractivity (Wildman–Crippen MR) is 82.5 cm³/mol. The number of hydrogen-bond donors (Lipinski definition) is 1. The summed E-state index contributed by atoms with van der Waals surface area (Å²) in [6.45, 7) is 6.13. The number of sulfonamides is 1. The number of nitrogens with one attached hydrogen (secondary N) is 1. The van der Waals surface area contributed by atoms with E-state index in [-0.39, 0.29) is 12.1 Å². The zero-order valence-electron chi connectivity index (χ0n) is 13.2. The third-order valence-corrected chi connectivity index (χ3v) is 5.88. The van der Waals surface area contributed by atoms with Gasteiger partial charge in [-0.05, 0) is 31.6 Å². The molecule has 2 amide bonds. The van der Waals surface area contributed by atoms with Crippen molar-refractivity contribution in [2.75, 3.05) is 25.9 Å². The van der Waals surface area contributed by atoms with E-state index >= 15 is 0 Å². The Kier molecular flexibility index (Phi) is 5.14. The molecule has 2 rings (SSSR count). The lowest BCUT2D eigenvalue weighted by Crippen LogP contribution is -2.51. The van der Waals surface area contributed by atoms with E-state index in [1.807, 2.05) is 4.90 Å². The van der Waals surface area contributed by atoms with Gasteiger partial charge in [0.05, 0.1) is 6.26 Å². The van der Waals surface area contributed by atoms with E-state index < -0.39 is 10.0 Å². The predicted octanol–water partition coefficient (Wildman–Crippen LogP) is 1.24. The molecular formula is C14H27N3O3S. The van der Waals surface area contributed by atoms with Crippen molar-refractivity contribution < 1.29 is 13.2 Å². The summed E-state index contributed by atoms with van der Waals surface area (Å²) in [6.07, 6.45) is 4.78. The van der Waals surface area contributed by atoms with Crippen LogP contribution in [0.4, 0.5) is 4.79 Å². The highest BCUT2D eigenvalue weighted by Gasteiger charge is 2.33. The lowest BCUT2D eigenvalue weighted by molar-refractivity contribution is 0.170. The molecule has 1 unspecified atom stereocenters. The molecule has 0 saturated carbocycles. The highest BCUT2D eigenvalue weighted by atomic mass is 32.2. The number of nitrogens with zero attached hydrogens (tertiary/aromatic N) is 2. The number of rotatable bonds is 3. The van der Waals surface area contributed by atoms with Crippen molar-refractivity contribution in [3.63, 3.8) is 0 Å². The molecule has 7 heteroatoms. The first-order valence-electron chi connectivity index (χ1n) is 7.81. The minimum atomic E-state index is -3.10. The van der Waals surface area contributed by atoms with Crippen molar-refractivity contribution in [2.24, 2.45) is 5.92 Å². The van der Waals surface area contributed by atoms with Crippen LogP contribution in [0.5, 0.6) is 0 Å². The SMILES string of the molecule is CC(C)C1CCCN1C(=O)NC1CCN(S(C)(=O)=O)CC1. The molecule has 21 heavy (non-hydrogen) atoms. The van der Waals surface area contributed by atoms with Crippen LogP contribution < -0.4 is 5.32 Å². The van der Waals surface area contributed by atoms with Crippen LogP contribution in [0, 0.1) is 5.92 Å². The third kappa shape index (κ3) is 4.10. The fraction of sp³-hybridized carbons (Fsp3) is 0.929. The Morgan fingerprint density at radius 3 is 2.29 bits per heavy atom. The van der Waals surface area contributed by atoms with Crippen molar-refractivity contribution in [2.45, 2.75) is 51.6 Å². The average molecular weight is 317 g/mol. The summed E-state index contributed by atoms with van der Waals surface area (Å²) < 4.78 is 24.4. The molecule has 0 aliphatic carbocycles. The number of urea groups is 1. The summed E-state index contributed by atoms with van der Waals surface area (Å²) in [7, 11) is -3.10. The molecule has 0 aromatic rings. The van der Waals surface area contributed by atoms with E-state index in [4.69, 9.17) is 0 Å². The van der Waals surface area contributed by atoms with Crippen LogP contribution in [0.15, 0.2) is 0 Å². The van der Waals surface area contributed by atoms with Crippen LogP contribution in [0.1, 0.15) is 39.5 Å². The molecule has 122 valence electrons. The van der Waals surface area contributed by atoms with Crippen LogP contribution >= 0.6 is 0 Å². The van der Waals surface area contributed by atoms with Crippen molar-refractivity contribution in [3.8, 4) is 0 Å². The van der Waals surface area contributed by atoms with Crippen LogP contribution in [0.2, 0.25) is 0 Å². The maximum atomic E-state index is 12.4. The zero-order chi connectivity index (χ0) is 15.6. The van der Waals surface area contributed by atoms with Crippen molar-refractivity contribution in [3.05, 3.63) is 0 Å². The largest absolute Gasteiger partial charge is 0.335 e. The number of carbonyl (C=O) groups excluding carboxylic acids is 1. The van der Waals surface area contributed by atoms with Crippen molar-refractivity contribution >= 4 is 16.1 Å². The van der Waals surface area contributed by atoms with Gasteiger partial charge in [-0.3, -0.25) is 0 Å². The quantitative estimate of drug-likeness (QED) is 0.851. The summed E-state index contributed by atoms with van der Waals surface area (Å²) in [5.74, 6) is 0.477. The molecule has 2 saturated heterocycles. The normalized spacial score (nSPS) is 25.5. The lowest BCUT2D eigenvalue weighted by atomic mass is 10.0. The van der Waals surface area contributed by atoms with Gasteiger partial charge in [0, 0.05) is 31.7 Å². The van der Waals surface area contributed by atoms with Gasteiger partial charge in [0.2, 0.25) is 10.0 Å². The minimum Gasteiger partial charge on any atom is -0.335 e. The maximum absolute atomic E-state index is 12.4. The zero-order valence-corrected chi connectivity index (χ0v) is 14.0. The second-order valence-corrected chi connectivity index (χ2v) is 8.52. The van der Waals surface area contributed by atoms with Gasteiger partial charge in [-0.1, -0.05) is 13.8 Å². The lowest BCUT2D eigenvalue weighted by Gasteiger charge is -2.33. The van der Waals surface area contributed by atoms with Crippen LogP contribution in [-0.4, -0.2) is 61.6 Å². The first kappa shape index (κ1) is 16.5. The molecule has 0 spiro atoms. The summed E-state index contributed by atoms with van der Waals surface area (Å²) in [4.78, 5) is 14.3. The molecule has 2 heterocycles. The Balaban J connectivity index is 1.85. The van der Waals surface area contributed by atoms with Crippen LogP contribution in [0.3, 0.4) is 0 Å². The first-order valence-corrected chi connectivity index (χ1v) is 9.66. The highest BCUT2D eigenvalue weighted by molar-refractivity contribution is 7.88. The van der Waals surface area contributed by atoms with Gasteiger partial charge in [-0.2, -0.15) is 0 Å². The number of hydrogen-bond acceptors (Lipinski definition) is 3. The van der Waals surface area contributed by atoms with E-state index in [1.54, 1.807) is 0 Å². The first-order chi connectivity index (χ1) is 9.79. The number of likely N-dealkylation sites (tertiary alicyclic amines) is 1. The Hall–Kier alpha value is -0.820. The Morgan fingerprint density at radius 2 is 1.76 bits per heavy atom. The fourth-order valence-electron chi connectivity index (χ4n) is 3.33. The fourth-order valence-corrected chi connectivity index (χ4v) is 4.20. The summed E-state index contributed by atoms with van der Waals surface area (Å²) in [5.41, 5.74) is 0. The Morgan fingerprint density at radius 1 is 1.14 bits per heavy atom. The van der Waals surface area contributed by atoms with Crippen LogP contribution in [0.25, 0.3) is 0 Å². The monoisotopic (exact) mass is 317 g/mol. The van der Waals surface area contributed by atoms with E-state index in [0.717, 1.165) is 19.4 Å². The summed E-state index contributed by atoms with van der Waals surface area (Å²) in [5, 5.41) is 3.08. The molecule has 2 aliphatic heterocycles. The molecule has 2 aliphatic rings. The molecule has 0 aromatic carbocycles. The van der Waals surface area contributed by atoms with Gasteiger partial charge in [0.15, 0.2) is 0 Å². The van der Waals surface area contributed by atoms with E-state index in [1.165, 1.54) is 10.6 Å². The highest BCUT2D eigenvalue weighted by Crippen LogP contribution is 2.24. The number of amides is 2. The molecule has 2 fully saturated rings. The minimum absolute atomic E-state index is 0.0176. The second kappa shape index (κ2) is 6.52. The second-order valence-electron chi connectivity index (χ2n) is 6.53. The van der Waals surface area contributed by atoms with Gasteiger partial charge in [-0.25, -0.2) is 17.5 Å². The standard InChI is InChI=1S/C14H27N3O3S/c1-11(2)13-5-4-8-17(13)14(18)15-12-6-9-16(10-7-12)21(3,19)20/h11-13H,4-10H2,1-3H3,(H,15,18). The van der Waals surface area contributed by atoms with Crippen LogP contribution in [-0.2, 0) is 10.0 Å². The number of carbonyl (C=O) groups is 1.